The van der Waals surface area contributed by atoms with Crippen LogP contribution in [0.15, 0.2) is 17.0 Å². The number of hydrogen-bond acceptors (Lipinski definition) is 3. The van der Waals surface area contributed by atoms with Gasteiger partial charge in [-0.3, -0.25) is 10.3 Å². The van der Waals surface area contributed by atoms with E-state index < -0.39 is 6.09 Å². The van der Waals surface area contributed by atoms with Crippen LogP contribution in [0.5, 0.6) is 0 Å². The monoisotopic (exact) mass is 142 g/mol. The quantitative estimate of drug-likeness (QED) is 0.547. The third kappa shape index (κ3) is 1.77. The summed E-state index contributed by atoms with van der Waals surface area (Å²) >= 11 is 0. The Hall–Kier alpha value is -1.52. The Bertz CT molecular complexity index is 197. The molecule has 0 fully saturated rings. The summed E-state index contributed by atoms with van der Waals surface area (Å²) < 4.78 is 4.76. The molecule has 0 radical (unpaired) electrons. The van der Waals surface area contributed by atoms with E-state index in [1.54, 1.807) is 0 Å². The average molecular weight is 142 g/mol. The van der Waals surface area contributed by atoms with Crippen molar-refractivity contribution in [3.8, 4) is 0 Å². The summed E-state index contributed by atoms with van der Waals surface area (Å²) in [6.45, 7) is 0.173. The Morgan fingerprint density at radius 2 is 2.70 bits per heavy atom. The fourth-order valence-electron chi connectivity index (χ4n) is 0.502. The van der Waals surface area contributed by atoms with Crippen LogP contribution in [0.1, 0.15) is 0 Å². The predicted molar refractivity (Wildman–Crippen MR) is 33.7 cm³/mol. The van der Waals surface area contributed by atoms with Gasteiger partial charge in [-0.25, -0.2) is 4.79 Å². The van der Waals surface area contributed by atoms with Gasteiger partial charge in [-0.05, 0) is 0 Å². The van der Waals surface area contributed by atoms with Gasteiger partial charge < -0.3 is 9.84 Å². The van der Waals surface area contributed by atoms with Crippen LogP contribution in [-0.2, 0) is 4.74 Å². The van der Waals surface area contributed by atoms with E-state index >= 15 is 0 Å². The highest BCUT2D eigenvalue weighted by Crippen LogP contribution is 1.95. The van der Waals surface area contributed by atoms with Crippen molar-refractivity contribution in [2.24, 2.45) is 4.99 Å². The molecule has 0 saturated carbocycles. The molecule has 1 heterocycles. The summed E-state index contributed by atoms with van der Waals surface area (Å²) in [5.41, 5.74) is 0. The summed E-state index contributed by atoms with van der Waals surface area (Å²) in [7, 11) is 0. The summed E-state index contributed by atoms with van der Waals surface area (Å²) in [5.74, 6) is 0.211. The second-order valence-corrected chi connectivity index (χ2v) is 1.57. The number of nitrogens with zero attached hydrogens (tertiary/aromatic N) is 1. The SMILES string of the molecule is O=C(O)NC1=CC=NCO1. The lowest BCUT2D eigenvalue weighted by atomic mass is 10.6. The maximum absolute atomic E-state index is 9.99. The maximum atomic E-state index is 9.99. The van der Waals surface area contributed by atoms with Crippen molar-refractivity contribution in [3.05, 3.63) is 12.0 Å². The average Bonchev–Trinajstić information content (AvgIpc) is 1.88. The Labute approximate surface area is 57.0 Å². The van der Waals surface area contributed by atoms with Crippen LogP contribution in [0.4, 0.5) is 4.79 Å². The van der Waals surface area contributed by atoms with Gasteiger partial charge in [0.2, 0.25) is 0 Å². The second-order valence-electron chi connectivity index (χ2n) is 1.57. The van der Waals surface area contributed by atoms with Gasteiger partial charge in [0.15, 0.2) is 12.6 Å². The Morgan fingerprint density at radius 3 is 3.20 bits per heavy atom. The summed E-state index contributed by atoms with van der Waals surface area (Å²) in [5, 5.41) is 10.2. The predicted octanol–water partition coefficient (Wildman–Crippen LogP) is 0.154. The number of ether oxygens (including phenoxy) is 1. The van der Waals surface area contributed by atoms with E-state index in [2.05, 4.69) is 4.99 Å². The molecule has 0 aromatic heterocycles. The van der Waals surface area contributed by atoms with Crippen molar-refractivity contribution in [1.29, 1.82) is 0 Å². The Kier molecular flexibility index (Phi) is 1.89. The number of carboxylic acid groups (broad SMARTS) is 1. The van der Waals surface area contributed by atoms with Crippen LogP contribution in [0.3, 0.4) is 0 Å². The van der Waals surface area contributed by atoms with E-state index in [4.69, 9.17) is 9.84 Å². The van der Waals surface area contributed by atoms with Crippen molar-refractivity contribution in [3.63, 3.8) is 0 Å². The molecule has 0 aliphatic carbocycles. The maximum Gasteiger partial charge on any atom is 0.411 e. The number of aliphatic imine (C=N–C) groups is 1. The second kappa shape index (κ2) is 2.86. The van der Waals surface area contributed by atoms with Crippen molar-refractivity contribution in [2.75, 3.05) is 6.73 Å². The third-order valence-corrected chi connectivity index (χ3v) is 0.856. The lowest BCUT2D eigenvalue weighted by molar-refractivity contribution is 0.167. The van der Waals surface area contributed by atoms with Crippen LogP contribution in [-0.4, -0.2) is 24.1 Å². The van der Waals surface area contributed by atoms with Crippen LogP contribution in [0.2, 0.25) is 0 Å². The summed E-state index contributed by atoms with van der Waals surface area (Å²) in [4.78, 5) is 13.7. The molecule has 1 amide bonds. The number of allylic oxidation sites excluding steroid dienone is 1. The minimum absolute atomic E-state index is 0.173. The highest BCUT2D eigenvalue weighted by molar-refractivity contribution is 5.74. The molecule has 2 N–H and O–H groups in total. The molecular weight excluding hydrogens is 136 g/mol. The standard InChI is InChI=1S/C5H6N2O3/c8-5(9)7-4-1-2-6-3-10-4/h1-2,7H,3H2,(H,8,9). The van der Waals surface area contributed by atoms with Crippen LogP contribution in [0, 0.1) is 0 Å². The number of hydrogen-bond donors (Lipinski definition) is 2. The first kappa shape index (κ1) is 6.60. The topological polar surface area (TPSA) is 70.9 Å². The molecule has 0 aromatic carbocycles. The molecule has 10 heavy (non-hydrogen) atoms. The van der Waals surface area contributed by atoms with Gasteiger partial charge in [0.05, 0.1) is 0 Å². The first-order valence-corrected chi connectivity index (χ1v) is 2.62. The van der Waals surface area contributed by atoms with Crippen molar-refractivity contribution >= 4 is 12.3 Å². The number of rotatable bonds is 1. The zero-order chi connectivity index (χ0) is 7.40. The molecular formula is C5H6N2O3. The fourth-order valence-corrected chi connectivity index (χ4v) is 0.502. The molecule has 5 heteroatoms. The number of amides is 1. The Balaban J connectivity index is 2.47. The molecule has 1 aliphatic rings. The van der Waals surface area contributed by atoms with Gasteiger partial charge in [-0.15, -0.1) is 0 Å². The molecule has 0 saturated heterocycles. The van der Waals surface area contributed by atoms with Crippen LogP contribution >= 0.6 is 0 Å². The lowest BCUT2D eigenvalue weighted by Gasteiger charge is -2.08. The molecule has 0 aromatic rings. The molecule has 54 valence electrons. The third-order valence-electron chi connectivity index (χ3n) is 0.856. The van der Waals surface area contributed by atoms with Crippen molar-refractivity contribution < 1.29 is 14.6 Å². The lowest BCUT2D eigenvalue weighted by Crippen LogP contribution is -2.23. The Morgan fingerprint density at radius 1 is 1.90 bits per heavy atom. The van der Waals surface area contributed by atoms with E-state index in [0.717, 1.165) is 0 Å². The molecule has 5 nitrogen and oxygen atoms in total. The fraction of sp³-hybridized carbons (Fsp3) is 0.200. The minimum atomic E-state index is -1.14. The summed E-state index contributed by atoms with van der Waals surface area (Å²) in [6.07, 6.45) is 1.79. The molecule has 0 bridgehead atoms. The number of carbonyl (C=O) groups is 1. The smallest absolute Gasteiger partial charge is 0.411 e. The molecule has 0 spiro atoms. The first-order valence-electron chi connectivity index (χ1n) is 2.62. The zero-order valence-electron chi connectivity index (χ0n) is 5.07. The van der Waals surface area contributed by atoms with E-state index in [-0.39, 0.29) is 12.6 Å². The van der Waals surface area contributed by atoms with Gasteiger partial charge in [0.25, 0.3) is 0 Å². The van der Waals surface area contributed by atoms with E-state index in [1.807, 2.05) is 5.32 Å². The van der Waals surface area contributed by atoms with E-state index in [0.29, 0.717) is 0 Å². The van der Waals surface area contributed by atoms with Crippen molar-refractivity contribution in [1.82, 2.24) is 5.32 Å². The zero-order valence-corrected chi connectivity index (χ0v) is 5.07. The number of nitrogens with one attached hydrogen (secondary N) is 1. The first-order chi connectivity index (χ1) is 4.79. The molecule has 1 rings (SSSR count). The summed E-state index contributed by atoms with van der Waals surface area (Å²) in [6, 6.07) is 0. The van der Waals surface area contributed by atoms with Gasteiger partial charge in [0, 0.05) is 12.3 Å². The molecule has 1 aliphatic heterocycles. The van der Waals surface area contributed by atoms with Crippen LogP contribution in [0.25, 0.3) is 0 Å². The highest BCUT2D eigenvalue weighted by atomic mass is 16.5. The normalized spacial score (nSPS) is 15.4. The minimum Gasteiger partial charge on any atom is -0.465 e. The molecule has 0 unspecified atom stereocenters. The van der Waals surface area contributed by atoms with Gasteiger partial charge >= 0.3 is 6.09 Å². The van der Waals surface area contributed by atoms with E-state index in [1.165, 1.54) is 12.3 Å². The van der Waals surface area contributed by atoms with Crippen LogP contribution < -0.4 is 5.32 Å². The van der Waals surface area contributed by atoms with Crippen molar-refractivity contribution in [2.45, 2.75) is 0 Å². The van der Waals surface area contributed by atoms with Gasteiger partial charge in [-0.1, -0.05) is 0 Å². The van der Waals surface area contributed by atoms with Gasteiger partial charge in [0.1, 0.15) is 0 Å². The largest absolute Gasteiger partial charge is 0.465 e. The van der Waals surface area contributed by atoms with E-state index in [9.17, 15) is 4.79 Å². The molecule has 0 atom stereocenters. The highest BCUT2D eigenvalue weighted by Gasteiger charge is 2.02. The van der Waals surface area contributed by atoms with Gasteiger partial charge in [-0.2, -0.15) is 0 Å².